The summed E-state index contributed by atoms with van der Waals surface area (Å²) in [4.78, 5) is 24.2. The Bertz CT molecular complexity index is 817. The average Bonchev–Trinajstić information content (AvgIpc) is 2.77. The van der Waals surface area contributed by atoms with Crippen molar-refractivity contribution >= 4 is 35.0 Å². The van der Waals surface area contributed by atoms with Gasteiger partial charge in [-0.15, -0.1) is 0 Å². The van der Waals surface area contributed by atoms with Crippen LogP contribution in [0.5, 0.6) is 0 Å². The number of nitrogens with one attached hydrogen (secondary N) is 2. The van der Waals surface area contributed by atoms with Crippen molar-refractivity contribution in [2.45, 2.75) is 26.8 Å². The standard InChI is InChI=1S/C17H20Cl2N4O2/c1-9(16-10(2)22-23(4)11(16)3)21-15(24)8-20-17(25)13-6-5-12(18)7-14(13)19/h5-7,9H,8H2,1-4H3,(H,20,25)(H,21,24). The number of amides is 2. The highest BCUT2D eigenvalue weighted by Gasteiger charge is 2.19. The van der Waals surface area contributed by atoms with Gasteiger partial charge < -0.3 is 10.6 Å². The van der Waals surface area contributed by atoms with E-state index in [1.807, 2.05) is 27.8 Å². The van der Waals surface area contributed by atoms with E-state index in [0.29, 0.717) is 5.02 Å². The normalized spacial score (nSPS) is 11.9. The highest BCUT2D eigenvalue weighted by Crippen LogP contribution is 2.21. The van der Waals surface area contributed by atoms with E-state index in [0.717, 1.165) is 17.0 Å². The van der Waals surface area contributed by atoms with E-state index in [1.54, 1.807) is 10.7 Å². The first-order valence-corrected chi connectivity index (χ1v) is 8.49. The first-order chi connectivity index (χ1) is 11.7. The lowest BCUT2D eigenvalue weighted by atomic mass is 10.1. The largest absolute Gasteiger partial charge is 0.348 e. The summed E-state index contributed by atoms with van der Waals surface area (Å²) >= 11 is 11.8. The molecule has 0 spiro atoms. The molecule has 0 aliphatic rings. The molecule has 1 aromatic carbocycles. The van der Waals surface area contributed by atoms with E-state index in [1.165, 1.54) is 12.1 Å². The summed E-state index contributed by atoms with van der Waals surface area (Å²) in [7, 11) is 1.86. The van der Waals surface area contributed by atoms with Crippen LogP contribution in [0.4, 0.5) is 0 Å². The SMILES string of the molecule is Cc1nn(C)c(C)c1C(C)NC(=O)CNC(=O)c1ccc(Cl)cc1Cl. The van der Waals surface area contributed by atoms with Gasteiger partial charge in [-0.05, 0) is 39.0 Å². The summed E-state index contributed by atoms with van der Waals surface area (Å²) in [6, 6.07) is 4.35. The fourth-order valence-corrected chi connectivity index (χ4v) is 3.21. The predicted octanol–water partition coefficient (Wildman–Crippen LogP) is 2.95. The van der Waals surface area contributed by atoms with Gasteiger partial charge in [-0.3, -0.25) is 14.3 Å². The fraction of sp³-hybridized carbons (Fsp3) is 0.353. The molecule has 2 aromatic rings. The molecule has 2 amide bonds. The highest BCUT2D eigenvalue weighted by molar-refractivity contribution is 6.36. The van der Waals surface area contributed by atoms with Crippen LogP contribution >= 0.6 is 23.2 Å². The van der Waals surface area contributed by atoms with Gasteiger partial charge in [0, 0.05) is 23.3 Å². The minimum Gasteiger partial charge on any atom is -0.348 e. The molecule has 25 heavy (non-hydrogen) atoms. The zero-order valence-electron chi connectivity index (χ0n) is 14.5. The Hall–Kier alpha value is -2.05. The van der Waals surface area contributed by atoms with Crippen molar-refractivity contribution in [1.82, 2.24) is 20.4 Å². The second kappa shape index (κ2) is 7.89. The fourth-order valence-electron chi connectivity index (χ4n) is 2.71. The molecule has 0 saturated carbocycles. The van der Waals surface area contributed by atoms with Crippen LogP contribution in [0.15, 0.2) is 18.2 Å². The monoisotopic (exact) mass is 382 g/mol. The van der Waals surface area contributed by atoms with Crippen LogP contribution < -0.4 is 10.6 Å². The van der Waals surface area contributed by atoms with E-state index in [9.17, 15) is 9.59 Å². The van der Waals surface area contributed by atoms with Gasteiger partial charge in [-0.2, -0.15) is 5.10 Å². The molecular formula is C17H20Cl2N4O2. The van der Waals surface area contributed by atoms with E-state index >= 15 is 0 Å². The van der Waals surface area contributed by atoms with Gasteiger partial charge in [-0.1, -0.05) is 23.2 Å². The van der Waals surface area contributed by atoms with Crippen LogP contribution in [0, 0.1) is 13.8 Å². The Morgan fingerprint density at radius 2 is 1.96 bits per heavy atom. The van der Waals surface area contributed by atoms with Crippen molar-refractivity contribution in [1.29, 1.82) is 0 Å². The molecule has 0 saturated heterocycles. The van der Waals surface area contributed by atoms with Crippen molar-refractivity contribution in [2.75, 3.05) is 6.54 Å². The summed E-state index contributed by atoms with van der Waals surface area (Å²) < 4.78 is 1.78. The Morgan fingerprint density at radius 3 is 2.52 bits per heavy atom. The van der Waals surface area contributed by atoms with E-state index in [-0.39, 0.29) is 29.1 Å². The second-order valence-corrected chi connectivity index (χ2v) is 6.65. The Kier molecular flexibility index (Phi) is 6.08. The molecule has 0 bridgehead atoms. The van der Waals surface area contributed by atoms with Gasteiger partial charge in [0.05, 0.1) is 28.9 Å². The Morgan fingerprint density at radius 1 is 1.28 bits per heavy atom. The maximum atomic E-state index is 12.1. The van der Waals surface area contributed by atoms with Crippen molar-refractivity contribution < 1.29 is 9.59 Å². The number of aryl methyl sites for hydroxylation is 2. The molecule has 2 rings (SSSR count). The zero-order chi connectivity index (χ0) is 18.7. The number of carbonyl (C=O) groups is 2. The minimum absolute atomic E-state index is 0.152. The molecule has 8 heteroatoms. The number of carbonyl (C=O) groups excluding carboxylic acids is 2. The van der Waals surface area contributed by atoms with E-state index in [2.05, 4.69) is 15.7 Å². The van der Waals surface area contributed by atoms with Crippen LogP contribution in [-0.2, 0) is 11.8 Å². The molecule has 6 nitrogen and oxygen atoms in total. The molecule has 134 valence electrons. The van der Waals surface area contributed by atoms with Gasteiger partial charge in [0.15, 0.2) is 0 Å². The first-order valence-electron chi connectivity index (χ1n) is 7.73. The lowest BCUT2D eigenvalue weighted by molar-refractivity contribution is -0.120. The number of halogens is 2. The van der Waals surface area contributed by atoms with Crippen LogP contribution in [0.1, 0.15) is 40.3 Å². The molecule has 2 N–H and O–H groups in total. The maximum Gasteiger partial charge on any atom is 0.253 e. The van der Waals surface area contributed by atoms with Gasteiger partial charge in [0.25, 0.3) is 5.91 Å². The molecule has 1 aromatic heterocycles. The topological polar surface area (TPSA) is 76.0 Å². The van der Waals surface area contributed by atoms with Crippen LogP contribution in [0.25, 0.3) is 0 Å². The molecule has 0 fully saturated rings. The summed E-state index contributed by atoms with van der Waals surface area (Å²) in [5, 5.41) is 10.4. The predicted molar refractivity (Wildman–Crippen MR) is 98.0 cm³/mol. The molecule has 0 aliphatic heterocycles. The number of rotatable bonds is 5. The Balaban J connectivity index is 1.95. The minimum atomic E-state index is -0.432. The molecule has 0 aliphatic carbocycles. The molecule has 1 atom stereocenters. The molecule has 0 radical (unpaired) electrons. The van der Waals surface area contributed by atoms with Crippen LogP contribution in [-0.4, -0.2) is 28.1 Å². The second-order valence-electron chi connectivity index (χ2n) is 5.80. The lowest BCUT2D eigenvalue weighted by Crippen LogP contribution is -2.38. The molecular weight excluding hydrogens is 363 g/mol. The summed E-state index contributed by atoms with van der Waals surface area (Å²) in [6.45, 7) is 5.57. The highest BCUT2D eigenvalue weighted by atomic mass is 35.5. The van der Waals surface area contributed by atoms with E-state index < -0.39 is 5.91 Å². The van der Waals surface area contributed by atoms with Crippen molar-refractivity contribution in [2.24, 2.45) is 7.05 Å². The quantitative estimate of drug-likeness (QED) is 0.834. The van der Waals surface area contributed by atoms with Crippen molar-refractivity contribution in [3.8, 4) is 0 Å². The summed E-state index contributed by atoms with van der Waals surface area (Å²) in [6.07, 6.45) is 0. The summed E-state index contributed by atoms with van der Waals surface area (Å²) in [5.74, 6) is -0.730. The molecule has 1 heterocycles. The third-order valence-electron chi connectivity index (χ3n) is 3.96. The van der Waals surface area contributed by atoms with Crippen LogP contribution in [0.2, 0.25) is 10.0 Å². The number of aromatic nitrogens is 2. The lowest BCUT2D eigenvalue weighted by Gasteiger charge is -2.15. The molecule has 1 unspecified atom stereocenters. The number of nitrogens with zero attached hydrogens (tertiary/aromatic N) is 2. The van der Waals surface area contributed by atoms with Gasteiger partial charge in [0.1, 0.15) is 0 Å². The maximum absolute atomic E-state index is 12.1. The average molecular weight is 383 g/mol. The van der Waals surface area contributed by atoms with Gasteiger partial charge in [0.2, 0.25) is 5.91 Å². The number of benzene rings is 1. The van der Waals surface area contributed by atoms with Crippen molar-refractivity contribution in [3.05, 3.63) is 50.8 Å². The van der Waals surface area contributed by atoms with E-state index in [4.69, 9.17) is 23.2 Å². The Labute approximate surface area is 156 Å². The smallest absolute Gasteiger partial charge is 0.253 e. The number of hydrogen-bond donors (Lipinski definition) is 2. The number of hydrogen-bond acceptors (Lipinski definition) is 3. The van der Waals surface area contributed by atoms with Gasteiger partial charge in [-0.25, -0.2) is 0 Å². The third kappa shape index (κ3) is 4.52. The van der Waals surface area contributed by atoms with Crippen molar-refractivity contribution in [3.63, 3.8) is 0 Å². The van der Waals surface area contributed by atoms with Crippen LogP contribution in [0.3, 0.4) is 0 Å². The van der Waals surface area contributed by atoms with Gasteiger partial charge >= 0.3 is 0 Å². The summed E-state index contributed by atoms with van der Waals surface area (Å²) in [5.41, 5.74) is 3.10. The zero-order valence-corrected chi connectivity index (χ0v) is 16.0. The first kappa shape index (κ1) is 19.3. The third-order valence-corrected chi connectivity index (χ3v) is 4.51.